The molecule has 0 aromatic heterocycles. The largest absolute Gasteiger partial charge is 0.486 e. The van der Waals surface area contributed by atoms with Crippen LogP contribution in [0, 0.1) is 11.6 Å². The van der Waals surface area contributed by atoms with Crippen LogP contribution in [0.1, 0.15) is 12.8 Å². The molecule has 0 radical (unpaired) electrons. The lowest BCUT2D eigenvalue weighted by Crippen LogP contribution is -2.30. The first-order valence-electron chi connectivity index (χ1n) is 4.46. The molecule has 0 spiro atoms. The topological polar surface area (TPSA) is 35.2 Å². The van der Waals surface area contributed by atoms with Crippen LogP contribution in [0.2, 0.25) is 0 Å². The number of hydrogen-bond acceptors (Lipinski definition) is 2. The van der Waals surface area contributed by atoms with Crippen molar-refractivity contribution >= 4 is 0 Å². The summed E-state index contributed by atoms with van der Waals surface area (Å²) in [5, 5.41) is 0. The molecule has 2 N–H and O–H groups in total. The van der Waals surface area contributed by atoms with Crippen LogP contribution in [0.15, 0.2) is 18.2 Å². The first-order valence-corrected chi connectivity index (χ1v) is 4.46. The van der Waals surface area contributed by atoms with Crippen LogP contribution in [-0.4, -0.2) is 12.1 Å². The smallest absolute Gasteiger partial charge is 0.190 e. The highest BCUT2D eigenvalue weighted by Crippen LogP contribution is 2.33. The van der Waals surface area contributed by atoms with Crippen LogP contribution in [0.4, 0.5) is 8.78 Å². The standard InChI is InChI=1S/C10H11F2NO/c11-7-2-1-3-8(12)9(7)14-6-10(13)4-5-10/h1-3H,4-6,13H2. The second kappa shape index (κ2) is 3.20. The molecule has 1 saturated carbocycles. The molecule has 2 nitrogen and oxygen atoms in total. The molecule has 1 aromatic rings. The molecule has 1 aliphatic carbocycles. The van der Waals surface area contributed by atoms with Crippen LogP contribution < -0.4 is 10.5 Å². The Hall–Kier alpha value is -1.16. The van der Waals surface area contributed by atoms with E-state index in [2.05, 4.69) is 0 Å². The third-order valence-electron chi connectivity index (χ3n) is 2.32. The van der Waals surface area contributed by atoms with Gasteiger partial charge in [0.2, 0.25) is 0 Å². The maximum atomic E-state index is 13.0. The molecular weight excluding hydrogens is 188 g/mol. The van der Waals surface area contributed by atoms with Gasteiger partial charge < -0.3 is 10.5 Å². The molecular formula is C10H11F2NO. The predicted octanol–water partition coefficient (Wildman–Crippen LogP) is 1.83. The van der Waals surface area contributed by atoms with E-state index < -0.39 is 11.6 Å². The Labute approximate surface area is 80.7 Å². The molecule has 14 heavy (non-hydrogen) atoms. The zero-order valence-electron chi connectivity index (χ0n) is 7.59. The molecule has 0 saturated heterocycles. The lowest BCUT2D eigenvalue weighted by atomic mass is 10.3. The lowest BCUT2D eigenvalue weighted by molar-refractivity contribution is 0.254. The molecule has 0 amide bonds. The van der Waals surface area contributed by atoms with Crippen LogP contribution in [-0.2, 0) is 0 Å². The molecule has 76 valence electrons. The van der Waals surface area contributed by atoms with Gasteiger partial charge in [0.05, 0.1) is 5.54 Å². The maximum absolute atomic E-state index is 13.0. The van der Waals surface area contributed by atoms with Crippen molar-refractivity contribution in [3.63, 3.8) is 0 Å². The van der Waals surface area contributed by atoms with Crippen molar-refractivity contribution in [1.82, 2.24) is 0 Å². The average Bonchev–Trinajstić information content (AvgIpc) is 2.83. The van der Waals surface area contributed by atoms with E-state index in [4.69, 9.17) is 10.5 Å². The second-order valence-electron chi connectivity index (χ2n) is 3.70. The van der Waals surface area contributed by atoms with Crippen molar-refractivity contribution < 1.29 is 13.5 Å². The summed E-state index contributed by atoms with van der Waals surface area (Å²) in [7, 11) is 0. The third kappa shape index (κ3) is 1.85. The fourth-order valence-corrected chi connectivity index (χ4v) is 1.14. The number of nitrogens with two attached hydrogens (primary N) is 1. The molecule has 2 rings (SSSR count). The van der Waals surface area contributed by atoms with Crippen molar-refractivity contribution in [2.45, 2.75) is 18.4 Å². The van der Waals surface area contributed by atoms with Gasteiger partial charge in [-0.3, -0.25) is 0 Å². The summed E-state index contributed by atoms with van der Waals surface area (Å²) < 4.78 is 31.1. The quantitative estimate of drug-likeness (QED) is 0.806. The van der Waals surface area contributed by atoms with Crippen molar-refractivity contribution in [2.75, 3.05) is 6.61 Å². The normalized spacial score (nSPS) is 17.9. The number of rotatable bonds is 3. The van der Waals surface area contributed by atoms with Crippen LogP contribution >= 0.6 is 0 Å². The summed E-state index contributed by atoms with van der Waals surface area (Å²) in [4.78, 5) is 0. The van der Waals surface area contributed by atoms with Gasteiger partial charge >= 0.3 is 0 Å². The van der Waals surface area contributed by atoms with Gasteiger partial charge in [-0.25, -0.2) is 8.78 Å². The SMILES string of the molecule is NC1(COc2c(F)cccc2F)CC1. The molecule has 0 bridgehead atoms. The van der Waals surface area contributed by atoms with E-state index in [0.717, 1.165) is 25.0 Å². The zero-order chi connectivity index (χ0) is 10.2. The van der Waals surface area contributed by atoms with Gasteiger partial charge in [0.15, 0.2) is 17.4 Å². The van der Waals surface area contributed by atoms with E-state index in [0.29, 0.717) is 0 Å². The van der Waals surface area contributed by atoms with Gasteiger partial charge in [0, 0.05) is 0 Å². The van der Waals surface area contributed by atoms with Gasteiger partial charge in [-0.05, 0) is 25.0 Å². The first kappa shape index (κ1) is 9.40. The first-order chi connectivity index (χ1) is 6.61. The van der Waals surface area contributed by atoms with E-state index in [9.17, 15) is 8.78 Å². The number of para-hydroxylation sites is 1. The molecule has 0 heterocycles. The minimum Gasteiger partial charge on any atom is -0.486 e. The molecule has 0 unspecified atom stereocenters. The van der Waals surface area contributed by atoms with Gasteiger partial charge in [0.1, 0.15) is 6.61 Å². The van der Waals surface area contributed by atoms with Gasteiger partial charge in [-0.1, -0.05) is 6.07 Å². The molecule has 1 aliphatic rings. The Morgan fingerprint density at radius 2 is 1.86 bits per heavy atom. The van der Waals surface area contributed by atoms with Crippen LogP contribution in [0.3, 0.4) is 0 Å². The van der Waals surface area contributed by atoms with Gasteiger partial charge in [0.25, 0.3) is 0 Å². The lowest BCUT2D eigenvalue weighted by Gasteiger charge is -2.11. The van der Waals surface area contributed by atoms with Crippen molar-refractivity contribution in [2.24, 2.45) is 5.73 Å². The van der Waals surface area contributed by atoms with E-state index in [-0.39, 0.29) is 17.9 Å². The van der Waals surface area contributed by atoms with Crippen LogP contribution in [0.5, 0.6) is 5.75 Å². The van der Waals surface area contributed by atoms with Crippen molar-refractivity contribution in [1.29, 1.82) is 0 Å². The average molecular weight is 199 g/mol. The fraction of sp³-hybridized carbons (Fsp3) is 0.400. The Morgan fingerprint density at radius 3 is 2.36 bits per heavy atom. The number of halogens is 2. The molecule has 0 atom stereocenters. The monoisotopic (exact) mass is 199 g/mol. The minimum atomic E-state index is -0.686. The summed E-state index contributed by atoms with van der Waals surface area (Å²) >= 11 is 0. The Balaban J connectivity index is 2.08. The minimum absolute atomic E-state index is 0.171. The predicted molar refractivity (Wildman–Crippen MR) is 48.0 cm³/mol. The number of benzene rings is 1. The number of ether oxygens (including phenoxy) is 1. The van der Waals surface area contributed by atoms with E-state index >= 15 is 0 Å². The third-order valence-corrected chi connectivity index (χ3v) is 2.32. The van der Waals surface area contributed by atoms with Gasteiger partial charge in [-0.15, -0.1) is 0 Å². The summed E-state index contributed by atoms with van der Waals surface area (Å²) in [6.07, 6.45) is 1.70. The molecule has 1 fully saturated rings. The van der Waals surface area contributed by atoms with Crippen molar-refractivity contribution in [3.05, 3.63) is 29.8 Å². The molecule has 1 aromatic carbocycles. The zero-order valence-corrected chi connectivity index (χ0v) is 7.59. The highest BCUT2D eigenvalue weighted by atomic mass is 19.1. The van der Waals surface area contributed by atoms with E-state index in [1.165, 1.54) is 6.07 Å². The maximum Gasteiger partial charge on any atom is 0.190 e. The highest BCUT2D eigenvalue weighted by molar-refractivity contribution is 5.26. The number of hydrogen-bond donors (Lipinski definition) is 1. The molecule has 4 heteroatoms. The van der Waals surface area contributed by atoms with Gasteiger partial charge in [-0.2, -0.15) is 0 Å². The summed E-state index contributed by atoms with van der Waals surface area (Å²) in [6, 6.07) is 3.62. The van der Waals surface area contributed by atoms with E-state index in [1.54, 1.807) is 0 Å². The fourth-order valence-electron chi connectivity index (χ4n) is 1.14. The van der Waals surface area contributed by atoms with Crippen molar-refractivity contribution in [3.8, 4) is 5.75 Å². The summed E-state index contributed by atoms with van der Waals surface area (Å²) in [5.41, 5.74) is 5.36. The Morgan fingerprint density at radius 1 is 1.29 bits per heavy atom. The highest BCUT2D eigenvalue weighted by Gasteiger charge is 2.39. The summed E-state index contributed by atoms with van der Waals surface area (Å²) in [5.74, 6) is -1.70. The Bertz CT molecular complexity index is 330. The summed E-state index contributed by atoms with van der Waals surface area (Å²) in [6.45, 7) is 0.171. The molecule has 0 aliphatic heterocycles. The second-order valence-corrected chi connectivity index (χ2v) is 3.70. The Kier molecular flexibility index (Phi) is 2.15. The van der Waals surface area contributed by atoms with Crippen LogP contribution in [0.25, 0.3) is 0 Å². The van der Waals surface area contributed by atoms with E-state index in [1.807, 2.05) is 0 Å².